The standard InChI is InChI=1S/C26H22Cl2N2O/c1-31-17-24-26(20-9-13-22(28)14-10-20)23(19-7-11-21(27)12-8-19)15-25(30-24)29-16-18-5-3-2-4-6-18/h2-15H,16-17H2,1H3,(H,29,30). The molecular weight excluding hydrogens is 427 g/mol. The van der Waals surface area contributed by atoms with Crippen LogP contribution in [0.2, 0.25) is 10.0 Å². The minimum Gasteiger partial charge on any atom is -0.378 e. The summed E-state index contributed by atoms with van der Waals surface area (Å²) >= 11 is 12.3. The highest BCUT2D eigenvalue weighted by Crippen LogP contribution is 2.37. The number of halogens is 2. The molecule has 31 heavy (non-hydrogen) atoms. The van der Waals surface area contributed by atoms with Crippen LogP contribution in [0.3, 0.4) is 0 Å². The Balaban J connectivity index is 1.83. The van der Waals surface area contributed by atoms with Gasteiger partial charge in [-0.2, -0.15) is 0 Å². The zero-order valence-corrected chi connectivity index (χ0v) is 18.6. The average Bonchev–Trinajstić information content (AvgIpc) is 2.80. The highest BCUT2D eigenvalue weighted by molar-refractivity contribution is 6.31. The Labute approximate surface area is 192 Å². The number of benzene rings is 3. The molecule has 3 aromatic carbocycles. The predicted molar refractivity (Wildman–Crippen MR) is 130 cm³/mol. The molecule has 1 heterocycles. The molecule has 1 aromatic heterocycles. The lowest BCUT2D eigenvalue weighted by molar-refractivity contribution is 0.182. The molecule has 4 aromatic rings. The van der Waals surface area contributed by atoms with Gasteiger partial charge >= 0.3 is 0 Å². The SMILES string of the molecule is COCc1nc(NCc2ccccc2)cc(-c2ccc(Cl)cc2)c1-c1ccc(Cl)cc1. The summed E-state index contributed by atoms with van der Waals surface area (Å²) in [6.07, 6.45) is 0. The zero-order valence-electron chi connectivity index (χ0n) is 17.1. The van der Waals surface area contributed by atoms with Crippen LogP contribution in [0.5, 0.6) is 0 Å². The summed E-state index contributed by atoms with van der Waals surface area (Å²) < 4.78 is 5.50. The van der Waals surface area contributed by atoms with E-state index in [9.17, 15) is 0 Å². The van der Waals surface area contributed by atoms with Gasteiger partial charge in [-0.25, -0.2) is 4.98 Å². The van der Waals surface area contributed by atoms with Crippen LogP contribution in [0, 0.1) is 0 Å². The van der Waals surface area contributed by atoms with Gasteiger partial charge in [0.2, 0.25) is 0 Å². The number of aromatic nitrogens is 1. The first kappa shape index (κ1) is 21.4. The minimum absolute atomic E-state index is 0.388. The lowest BCUT2D eigenvalue weighted by atomic mass is 9.93. The molecule has 0 saturated heterocycles. The lowest BCUT2D eigenvalue weighted by Crippen LogP contribution is -2.06. The van der Waals surface area contributed by atoms with Gasteiger partial charge in [0.15, 0.2) is 0 Å². The summed E-state index contributed by atoms with van der Waals surface area (Å²) in [6, 6.07) is 28.0. The molecule has 0 atom stereocenters. The van der Waals surface area contributed by atoms with Gasteiger partial charge in [-0.05, 0) is 52.6 Å². The van der Waals surface area contributed by atoms with E-state index in [0.717, 1.165) is 33.8 Å². The number of methoxy groups -OCH3 is 1. The van der Waals surface area contributed by atoms with E-state index in [2.05, 4.69) is 23.5 Å². The van der Waals surface area contributed by atoms with E-state index in [4.69, 9.17) is 32.9 Å². The fraction of sp³-hybridized carbons (Fsp3) is 0.115. The van der Waals surface area contributed by atoms with Gasteiger partial charge in [0, 0.05) is 29.3 Å². The van der Waals surface area contributed by atoms with E-state index in [1.165, 1.54) is 5.56 Å². The number of pyridine rings is 1. The third-order valence-corrected chi connectivity index (χ3v) is 5.48. The van der Waals surface area contributed by atoms with Crippen molar-refractivity contribution in [3.63, 3.8) is 0 Å². The molecular formula is C26H22Cl2N2O. The predicted octanol–water partition coefficient (Wildman–Crippen LogP) is 7.48. The normalized spacial score (nSPS) is 10.8. The molecule has 0 spiro atoms. The van der Waals surface area contributed by atoms with Crippen LogP contribution in [-0.4, -0.2) is 12.1 Å². The number of hydrogen-bond acceptors (Lipinski definition) is 3. The van der Waals surface area contributed by atoms with Crippen molar-refractivity contribution in [3.05, 3.63) is 106 Å². The number of nitrogens with one attached hydrogen (secondary N) is 1. The van der Waals surface area contributed by atoms with Crippen LogP contribution >= 0.6 is 23.2 Å². The van der Waals surface area contributed by atoms with Crippen molar-refractivity contribution in [3.8, 4) is 22.3 Å². The van der Waals surface area contributed by atoms with Gasteiger partial charge in [0.25, 0.3) is 0 Å². The first-order valence-corrected chi connectivity index (χ1v) is 10.7. The third kappa shape index (κ3) is 5.26. The molecule has 0 aliphatic rings. The van der Waals surface area contributed by atoms with Crippen LogP contribution in [-0.2, 0) is 17.9 Å². The fourth-order valence-electron chi connectivity index (χ4n) is 3.51. The molecule has 4 rings (SSSR count). The molecule has 0 saturated carbocycles. The van der Waals surface area contributed by atoms with Crippen molar-refractivity contribution in [1.82, 2.24) is 4.98 Å². The van der Waals surface area contributed by atoms with E-state index in [1.54, 1.807) is 7.11 Å². The van der Waals surface area contributed by atoms with Gasteiger partial charge < -0.3 is 10.1 Å². The van der Waals surface area contributed by atoms with Crippen molar-refractivity contribution in [2.75, 3.05) is 12.4 Å². The molecule has 5 heteroatoms. The Bertz CT molecular complexity index is 1140. The van der Waals surface area contributed by atoms with Gasteiger partial charge in [-0.15, -0.1) is 0 Å². The lowest BCUT2D eigenvalue weighted by Gasteiger charge is -2.18. The zero-order chi connectivity index (χ0) is 21.6. The van der Waals surface area contributed by atoms with Crippen molar-refractivity contribution in [1.29, 1.82) is 0 Å². The summed E-state index contributed by atoms with van der Waals surface area (Å²) in [4.78, 5) is 4.88. The maximum absolute atomic E-state index is 6.14. The Morgan fingerprint density at radius 3 is 2.03 bits per heavy atom. The smallest absolute Gasteiger partial charge is 0.127 e. The molecule has 0 radical (unpaired) electrons. The second-order valence-electron chi connectivity index (χ2n) is 7.16. The maximum atomic E-state index is 6.14. The maximum Gasteiger partial charge on any atom is 0.127 e. The number of anilines is 1. The monoisotopic (exact) mass is 448 g/mol. The van der Waals surface area contributed by atoms with Gasteiger partial charge in [0.1, 0.15) is 5.82 Å². The van der Waals surface area contributed by atoms with Crippen LogP contribution in [0.4, 0.5) is 5.82 Å². The first-order chi connectivity index (χ1) is 15.1. The van der Waals surface area contributed by atoms with Crippen molar-refractivity contribution < 1.29 is 4.74 Å². The van der Waals surface area contributed by atoms with Crippen LogP contribution < -0.4 is 5.32 Å². The highest BCUT2D eigenvalue weighted by atomic mass is 35.5. The third-order valence-electron chi connectivity index (χ3n) is 4.98. The van der Waals surface area contributed by atoms with E-state index in [1.807, 2.05) is 66.7 Å². The largest absolute Gasteiger partial charge is 0.378 e. The Morgan fingerprint density at radius 2 is 1.42 bits per heavy atom. The molecule has 1 N–H and O–H groups in total. The topological polar surface area (TPSA) is 34.1 Å². The molecule has 156 valence electrons. The van der Waals surface area contributed by atoms with E-state index < -0.39 is 0 Å². The summed E-state index contributed by atoms with van der Waals surface area (Å²) in [5, 5.41) is 4.85. The summed E-state index contributed by atoms with van der Waals surface area (Å²) in [7, 11) is 1.68. The Hall–Kier alpha value is -2.85. The number of rotatable bonds is 7. The quantitative estimate of drug-likeness (QED) is 0.318. The molecule has 3 nitrogen and oxygen atoms in total. The first-order valence-electron chi connectivity index (χ1n) is 9.96. The number of ether oxygens (including phenoxy) is 1. The molecule has 0 aliphatic heterocycles. The molecule has 0 bridgehead atoms. The van der Waals surface area contributed by atoms with E-state index in [-0.39, 0.29) is 0 Å². The molecule has 0 aliphatic carbocycles. The van der Waals surface area contributed by atoms with E-state index >= 15 is 0 Å². The average molecular weight is 449 g/mol. The van der Waals surface area contributed by atoms with Gasteiger partial charge in [0.05, 0.1) is 12.3 Å². The minimum atomic E-state index is 0.388. The van der Waals surface area contributed by atoms with Gasteiger partial charge in [-0.3, -0.25) is 0 Å². The van der Waals surface area contributed by atoms with Gasteiger partial charge in [-0.1, -0.05) is 77.8 Å². The van der Waals surface area contributed by atoms with Crippen molar-refractivity contribution in [2.45, 2.75) is 13.2 Å². The fourth-order valence-corrected chi connectivity index (χ4v) is 3.77. The van der Waals surface area contributed by atoms with Crippen LogP contribution in [0.1, 0.15) is 11.3 Å². The van der Waals surface area contributed by atoms with Crippen LogP contribution in [0.15, 0.2) is 84.9 Å². The second-order valence-corrected chi connectivity index (χ2v) is 8.04. The summed E-state index contributed by atoms with van der Waals surface area (Å²) in [5.41, 5.74) is 6.20. The molecule has 0 fully saturated rings. The van der Waals surface area contributed by atoms with E-state index in [0.29, 0.717) is 23.2 Å². The second kappa shape index (κ2) is 9.97. The molecule has 0 unspecified atom stereocenters. The van der Waals surface area contributed by atoms with Crippen molar-refractivity contribution >= 4 is 29.0 Å². The Kier molecular flexibility index (Phi) is 6.88. The number of hydrogen-bond donors (Lipinski definition) is 1. The number of nitrogens with zero attached hydrogens (tertiary/aromatic N) is 1. The highest BCUT2D eigenvalue weighted by Gasteiger charge is 2.16. The molecule has 0 amide bonds. The van der Waals surface area contributed by atoms with Crippen molar-refractivity contribution in [2.24, 2.45) is 0 Å². The Morgan fingerprint density at radius 1 is 0.806 bits per heavy atom. The summed E-state index contributed by atoms with van der Waals surface area (Å²) in [6.45, 7) is 1.07. The van der Waals surface area contributed by atoms with Crippen LogP contribution in [0.25, 0.3) is 22.3 Å². The summed E-state index contributed by atoms with van der Waals surface area (Å²) in [5.74, 6) is 0.790.